The molecule has 1 aromatic rings. The first-order chi connectivity index (χ1) is 11.8. The maximum atomic E-state index is 4.79. The first kappa shape index (κ1) is 22.1. The van der Waals surface area contributed by atoms with Gasteiger partial charge in [-0.3, -0.25) is 4.99 Å². The third-order valence-corrected chi connectivity index (χ3v) is 4.56. The van der Waals surface area contributed by atoms with Gasteiger partial charge in [0.2, 0.25) is 0 Å². The van der Waals surface area contributed by atoms with E-state index in [1.54, 1.807) is 6.33 Å². The maximum Gasteiger partial charge on any atom is 0.191 e. The molecule has 144 valence electrons. The van der Waals surface area contributed by atoms with Crippen molar-refractivity contribution >= 4 is 29.9 Å². The highest BCUT2D eigenvalue weighted by molar-refractivity contribution is 14.0. The number of hydrogen-bond donors (Lipinski definition) is 2. The Bertz CT molecular complexity index is 503. The lowest BCUT2D eigenvalue weighted by Crippen LogP contribution is -2.40. The molecule has 2 N–H and O–H groups in total. The number of hydrogen-bond acceptors (Lipinski definition) is 4. The molecule has 1 aliphatic heterocycles. The third kappa shape index (κ3) is 7.47. The van der Waals surface area contributed by atoms with Gasteiger partial charge in [0.05, 0.1) is 0 Å². The Morgan fingerprint density at radius 1 is 1.32 bits per heavy atom. The van der Waals surface area contributed by atoms with Gasteiger partial charge in [0, 0.05) is 39.1 Å². The van der Waals surface area contributed by atoms with Gasteiger partial charge in [0.15, 0.2) is 5.96 Å². The highest BCUT2D eigenvalue weighted by atomic mass is 127. The summed E-state index contributed by atoms with van der Waals surface area (Å²) in [4.78, 5) is 7.32. The number of rotatable bonds is 8. The van der Waals surface area contributed by atoms with E-state index in [9.17, 15) is 0 Å². The molecule has 0 radical (unpaired) electrons. The van der Waals surface area contributed by atoms with Crippen molar-refractivity contribution in [2.24, 2.45) is 10.9 Å². The average molecular weight is 463 g/mol. The fraction of sp³-hybridized carbons (Fsp3) is 0.824. The smallest absolute Gasteiger partial charge is 0.191 e. The molecular weight excluding hydrogens is 429 g/mol. The fourth-order valence-electron chi connectivity index (χ4n) is 3.18. The summed E-state index contributed by atoms with van der Waals surface area (Å²) < 4.78 is 2.09. The highest BCUT2D eigenvalue weighted by Gasteiger charge is 2.18. The van der Waals surface area contributed by atoms with Gasteiger partial charge in [-0.2, -0.15) is 0 Å². The zero-order valence-electron chi connectivity index (χ0n) is 15.9. The van der Waals surface area contributed by atoms with Crippen molar-refractivity contribution < 1.29 is 0 Å². The number of aliphatic imine (C=N–C) groups is 1. The van der Waals surface area contributed by atoms with E-state index in [-0.39, 0.29) is 24.0 Å². The molecule has 0 saturated carbocycles. The molecule has 0 aromatic carbocycles. The van der Waals surface area contributed by atoms with E-state index in [0.717, 1.165) is 50.9 Å². The Morgan fingerprint density at radius 3 is 2.88 bits per heavy atom. The minimum absolute atomic E-state index is 0. The van der Waals surface area contributed by atoms with E-state index in [4.69, 9.17) is 4.99 Å². The number of aromatic nitrogens is 3. The molecule has 2 heterocycles. The lowest BCUT2D eigenvalue weighted by atomic mass is 9.98. The van der Waals surface area contributed by atoms with E-state index >= 15 is 0 Å². The predicted octanol–water partition coefficient (Wildman–Crippen LogP) is 1.75. The summed E-state index contributed by atoms with van der Waals surface area (Å²) in [7, 11) is 0. The van der Waals surface area contributed by atoms with Gasteiger partial charge in [0.25, 0.3) is 0 Å². The van der Waals surface area contributed by atoms with Crippen LogP contribution in [0.25, 0.3) is 0 Å². The van der Waals surface area contributed by atoms with Crippen molar-refractivity contribution in [2.45, 2.75) is 46.6 Å². The highest BCUT2D eigenvalue weighted by Crippen LogP contribution is 2.16. The van der Waals surface area contributed by atoms with E-state index in [0.29, 0.717) is 5.92 Å². The summed E-state index contributed by atoms with van der Waals surface area (Å²) in [6.45, 7) is 13.5. The summed E-state index contributed by atoms with van der Waals surface area (Å²) in [5.41, 5.74) is 0. The van der Waals surface area contributed by atoms with Crippen molar-refractivity contribution in [3.8, 4) is 0 Å². The predicted molar refractivity (Wildman–Crippen MR) is 114 cm³/mol. The second-order valence-corrected chi connectivity index (χ2v) is 6.34. The number of nitrogens with one attached hydrogen (secondary N) is 2. The average Bonchev–Trinajstić information content (AvgIpc) is 3.07. The topological polar surface area (TPSA) is 70.4 Å². The summed E-state index contributed by atoms with van der Waals surface area (Å²) in [6.07, 6.45) is 5.29. The maximum absolute atomic E-state index is 4.79. The standard InChI is InChI=1S/C17H33N7.HI/c1-4-16-22-21-14-24(16)11-9-19-17(18-5-2)20-12-15-8-7-10-23(6-3)13-15;/h14-15H,4-13H2,1-3H3,(H2,18,19,20);1H. The molecule has 1 saturated heterocycles. The van der Waals surface area contributed by atoms with Crippen LogP contribution in [0.5, 0.6) is 0 Å². The molecule has 7 nitrogen and oxygen atoms in total. The van der Waals surface area contributed by atoms with Gasteiger partial charge in [-0.25, -0.2) is 0 Å². The normalized spacial score (nSPS) is 18.7. The minimum Gasteiger partial charge on any atom is -0.357 e. The van der Waals surface area contributed by atoms with Crippen LogP contribution < -0.4 is 10.6 Å². The van der Waals surface area contributed by atoms with Crippen LogP contribution in [0.2, 0.25) is 0 Å². The van der Waals surface area contributed by atoms with Crippen molar-refractivity contribution in [2.75, 3.05) is 39.3 Å². The van der Waals surface area contributed by atoms with Crippen molar-refractivity contribution in [1.82, 2.24) is 30.3 Å². The molecular formula is C17H34IN7. The summed E-state index contributed by atoms with van der Waals surface area (Å²) in [6, 6.07) is 0. The van der Waals surface area contributed by atoms with Crippen LogP contribution in [0.15, 0.2) is 11.3 Å². The van der Waals surface area contributed by atoms with Crippen LogP contribution in [0.4, 0.5) is 0 Å². The number of nitrogens with zero attached hydrogens (tertiary/aromatic N) is 5. The van der Waals surface area contributed by atoms with Crippen molar-refractivity contribution in [3.63, 3.8) is 0 Å². The minimum atomic E-state index is 0. The lowest BCUT2D eigenvalue weighted by molar-refractivity contribution is 0.186. The quantitative estimate of drug-likeness (QED) is 0.349. The SMILES string of the molecule is CCNC(=NCC1CCCN(CC)C1)NCCn1cnnc1CC.I. The third-order valence-electron chi connectivity index (χ3n) is 4.56. The summed E-state index contributed by atoms with van der Waals surface area (Å²) in [5.74, 6) is 2.62. The molecule has 1 unspecified atom stereocenters. The van der Waals surface area contributed by atoms with Gasteiger partial charge < -0.3 is 20.1 Å². The van der Waals surface area contributed by atoms with Gasteiger partial charge in [-0.1, -0.05) is 13.8 Å². The number of piperidine rings is 1. The summed E-state index contributed by atoms with van der Waals surface area (Å²) in [5, 5.41) is 14.9. The van der Waals surface area contributed by atoms with Crippen LogP contribution in [0.3, 0.4) is 0 Å². The number of likely N-dealkylation sites (tertiary alicyclic amines) is 1. The van der Waals surface area contributed by atoms with Crippen molar-refractivity contribution in [1.29, 1.82) is 0 Å². The lowest BCUT2D eigenvalue weighted by Gasteiger charge is -2.31. The second kappa shape index (κ2) is 12.5. The Balaban J connectivity index is 0.00000312. The molecule has 25 heavy (non-hydrogen) atoms. The molecule has 1 aromatic heterocycles. The zero-order chi connectivity index (χ0) is 17.2. The molecule has 0 aliphatic carbocycles. The zero-order valence-corrected chi connectivity index (χ0v) is 18.2. The first-order valence-electron chi connectivity index (χ1n) is 9.38. The fourth-order valence-corrected chi connectivity index (χ4v) is 3.18. The monoisotopic (exact) mass is 463 g/mol. The molecule has 0 bridgehead atoms. The van der Waals surface area contributed by atoms with E-state index < -0.39 is 0 Å². The summed E-state index contributed by atoms with van der Waals surface area (Å²) >= 11 is 0. The molecule has 2 rings (SSSR count). The van der Waals surface area contributed by atoms with Crippen LogP contribution >= 0.6 is 24.0 Å². The number of guanidine groups is 1. The number of halogens is 1. The molecule has 8 heteroatoms. The van der Waals surface area contributed by atoms with E-state index in [1.807, 2.05) is 0 Å². The van der Waals surface area contributed by atoms with Gasteiger partial charge in [-0.15, -0.1) is 34.2 Å². The van der Waals surface area contributed by atoms with Crippen molar-refractivity contribution in [3.05, 3.63) is 12.2 Å². The van der Waals surface area contributed by atoms with Gasteiger partial charge in [-0.05, 0) is 38.8 Å². The largest absolute Gasteiger partial charge is 0.357 e. The number of aryl methyl sites for hydroxylation is 1. The van der Waals surface area contributed by atoms with Crippen LogP contribution in [-0.4, -0.2) is 64.9 Å². The van der Waals surface area contributed by atoms with Gasteiger partial charge >= 0.3 is 0 Å². The van der Waals surface area contributed by atoms with Gasteiger partial charge in [0.1, 0.15) is 12.2 Å². The van der Waals surface area contributed by atoms with E-state index in [2.05, 4.69) is 51.1 Å². The molecule has 0 amide bonds. The molecule has 0 spiro atoms. The van der Waals surface area contributed by atoms with Crippen LogP contribution in [0.1, 0.15) is 39.4 Å². The molecule has 1 aliphatic rings. The van der Waals surface area contributed by atoms with Crippen LogP contribution in [0, 0.1) is 5.92 Å². The first-order valence-corrected chi connectivity index (χ1v) is 9.38. The van der Waals surface area contributed by atoms with E-state index in [1.165, 1.54) is 25.9 Å². The Labute approximate surface area is 169 Å². The van der Waals surface area contributed by atoms with Crippen LogP contribution in [-0.2, 0) is 13.0 Å². The Hall–Kier alpha value is -0.900. The molecule has 1 atom stereocenters. The molecule has 1 fully saturated rings. The Kier molecular flexibility index (Phi) is 11.0. The second-order valence-electron chi connectivity index (χ2n) is 6.34. The Morgan fingerprint density at radius 2 is 2.16 bits per heavy atom.